The van der Waals surface area contributed by atoms with Crippen molar-refractivity contribution in [1.82, 2.24) is 0 Å². The first-order valence-electron chi connectivity index (χ1n) is 6.75. The molecule has 0 aliphatic carbocycles. The van der Waals surface area contributed by atoms with Gasteiger partial charge in [-0.3, -0.25) is 4.57 Å². The molecular weight excluding hydrogens is 307 g/mol. The molecule has 1 aromatic rings. The molecule has 7 nitrogen and oxygen atoms in total. The van der Waals surface area contributed by atoms with Crippen LogP contribution in [0.25, 0.3) is 0 Å². The summed E-state index contributed by atoms with van der Waals surface area (Å²) in [5, 5.41) is 24.6. The van der Waals surface area contributed by atoms with E-state index >= 15 is 0 Å². The van der Waals surface area contributed by atoms with Gasteiger partial charge in [0.25, 0.3) is 0 Å². The maximum Gasteiger partial charge on any atom is 0.368 e. The van der Waals surface area contributed by atoms with Gasteiger partial charge >= 0.3 is 7.60 Å². The maximum atomic E-state index is 12.8. The number of benzene rings is 1. The second-order valence-electron chi connectivity index (χ2n) is 5.79. The highest BCUT2D eigenvalue weighted by Crippen LogP contribution is 2.62. The lowest BCUT2D eigenvalue weighted by atomic mass is 10.1. The number of nitrogens with zero attached hydrogens (tertiary/aromatic N) is 2. The highest BCUT2D eigenvalue weighted by molar-refractivity contribution is 7.54. The van der Waals surface area contributed by atoms with Crippen molar-refractivity contribution in [1.29, 1.82) is 0 Å². The molecular formula is C14H23N2O5P. The zero-order valence-electron chi connectivity index (χ0n) is 13.5. The Morgan fingerprint density at radius 1 is 1.23 bits per heavy atom. The lowest BCUT2D eigenvalue weighted by Gasteiger charge is -2.31. The van der Waals surface area contributed by atoms with E-state index in [0.29, 0.717) is 10.4 Å². The van der Waals surface area contributed by atoms with E-state index in [0.717, 1.165) is 0 Å². The Kier molecular flexibility index (Phi) is 5.87. The quantitative estimate of drug-likeness (QED) is 0.374. The van der Waals surface area contributed by atoms with E-state index in [1.807, 2.05) is 0 Å². The lowest BCUT2D eigenvalue weighted by molar-refractivity contribution is -0.600. The summed E-state index contributed by atoms with van der Waals surface area (Å²) in [6.45, 7) is 4.59. The highest BCUT2D eigenvalue weighted by Gasteiger charge is 2.51. The van der Waals surface area contributed by atoms with Gasteiger partial charge in [0.15, 0.2) is 5.54 Å². The van der Waals surface area contributed by atoms with Gasteiger partial charge in [-0.15, -0.1) is 0 Å². The molecule has 1 atom stereocenters. The van der Waals surface area contributed by atoms with Crippen molar-refractivity contribution in [3.8, 4) is 0 Å². The fourth-order valence-corrected chi connectivity index (χ4v) is 3.25. The SMILES string of the molecule is COP(=O)(OC)[C@](O)(CN=[N+]([O-])C(C)(C)C)c1ccccc1. The van der Waals surface area contributed by atoms with Crippen LogP contribution in [0.5, 0.6) is 0 Å². The summed E-state index contributed by atoms with van der Waals surface area (Å²) < 4.78 is 22.6. The summed E-state index contributed by atoms with van der Waals surface area (Å²) in [5.74, 6) is 0. The summed E-state index contributed by atoms with van der Waals surface area (Å²) >= 11 is 0. The van der Waals surface area contributed by atoms with Gasteiger partial charge in [-0.2, -0.15) is 0 Å². The predicted molar refractivity (Wildman–Crippen MR) is 82.6 cm³/mol. The topological polar surface area (TPSA) is 94.2 Å². The predicted octanol–water partition coefficient (Wildman–Crippen LogP) is 3.08. The van der Waals surface area contributed by atoms with Crippen LogP contribution in [-0.4, -0.2) is 36.3 Å². The van der Waals surface area contributed by atoms with Crippen LogP contribution >= 0.6 is 7.60 Å². The Morgan fingerprint density at radius 2 is 1.73 bits per heavy atom. The van der Waals surface area contributed by atoms with Gasteiger partial charge in [0, 0.05) is 35.0 Å². The van der Waals surface area contributed by atoms with Gasteiger partial charge in [-0.05, 0) is 10.7 Å². The van der Waals surface area contributed by atoms with Crippen LogP contribution in [0.3, 0.4) is 0 Å². The monoisotopic (exact) mass is 330 g/mol. The molecule has 0 aromatic heterocycles. The third-order valence-electron chi connectivity index (χ3n) is 3.16. The number of hydroxylamine groups is 1. The van der Waals surface area contributed by atoms with Crippen LogP contribution in [0.1, 0.15) is 26.3 Å². The van der Waals surface area contributed by atoms with Crippen LogP contribution in [0, 0.1) is 5.21 Å². The Hall–Kier alpha value is -1.27. The molecule has 0 saturated carbocycles. The molecule has 1 N–H and O–H groups in total. The molecule has 1 aromatic carbocycles. The first-order valence-corrected chi connectivity index (χ1v) is 8.29. The second-order valence-corrected chi connectivity index (χ2v) is 8.25. The van der Waals surface area contributed by atoms with E-state index in [4.69, 9.17) is 9.05 Å². The fourth-order valence-electron chi connectivity index (χ4n) is 1.79. The average molecular weight is 330 g/mol. The fraction of sp³-hybridized carbons (Fsp3) is 0.571. The second kappa shape index (κ2) is 6.87. The average Bonchev–Trinajstić information content (AvgIpc) is 2.51. The molecule has 0 unspecified atom stereocenters. The molecule has 1 rings (SSSR count). The first kappa shape index (κ1) is 18.8. The number of aliphatic hydroxyl groups is 1. The van der Waals surface area contributed by atoms with Crippen molar-refractivity contribution < 1.29 is 23.6 Å². The third-order valence-corrected chi connectivity index (χ3v) is 5.43. The van der Waals surface area contributed by atoms with Crippen LogP contribution in [0.4, 0.5) is 0 Å². The molecule has 0 amide bonds. The summed E-state index contributed by atoms with van der Waals surface area (Å²) in [5.41, 5.74) is -0.477. The van der Waals surface area contributed by atoms with Gasteiger partial charge < -0.3 is 19.4 Å². The molecule has 0 aliphatic heterocycles. The van der Waals surface area contributed by atoms with E-state index in [-0.39, 0.29) is 0 Å². The van der Waals surface area contributed by atoms with Crippen LogP contribution in [0.15, 0.2) is 35.4 Å². The lowest BCUT2D eigenvalue weighted by Crippen LogP contribution is -2.34. The summed E-state index contributed by atoms with van der Waals surface area (Å²) in [4.78, 5) is 0.469. The molecule has 0 spiro atoms. The van der Waals surface area contributed by atoms with Gasteiger partial charge in [0.1, 0.15) is 6.54 Å². The summed E-state index contributed by atoms with van der Waals surface area (Å²) in [6.07, 6.45) is 0. The van der Waals surface area contributed by atoms with Gasteiger partial charge in [0.2, 0.25) is 5.34 Å². The smallest absolute Gasteiger partial charge is 0.368 e. The van der Waals surface area contributed by atoms with E-state index in [1.54, 1.807) is 51.1 Å². The molecule has 0 bridgehead atoms. The number of hydrogen-bond donors (Lipinski definition) is 1. The molecule has 0 fully saturated rings. The van der Waals surface area contributed by atoms with Gasteiger partial charge in [0.05, 0.1) is 0 Å². The zero-order valence-corrected chi connectivity index (χ0v) is 14.4. The Morgan fingerprint density at radius 3 is 2.14 bits per heavy atom. The van der Waals surface area contributed by atoms with Gasteiger partial charge in [-0.1, -0.05) is 35.2 Å². The molecule has 22 heavy (non-hydrogen) atoms. The molecule has 0 radical (unpaired) electrons. The summed E-state index contributed by atoms with van der Waals surface area (Å²) in [7, 11) is -1.58. The van der Waals surface area contributed by atoms with E-state index in [1.165, 1.54) is 14.2 Å². The van der Waals surface area contributed by atoms with E-state index < -0.39 is 25.0 Å². The third kappa shape index (κ3) is 3.73. The minimum atomic E-state index is -3.94. The standard InChI is InChI=1S/C14H23N2O5P/c1-13(2,3)16(18)15-11-14(17,22(19,20-4)21-5)12-9-7-6-8-10-12/h6-10,17H,11H2,1-5H3/t14-/m1/s1. The number of azo groups is 1. The van der Waals surface area contributed by atoms with E-state index in [2.05, 4.69) is 5.11 Å². The van der Waals surface area contributed by atoms with Crippen LogP contribution in [0.2, 0.25) is 0 Å². The number of rotatable bonds is 6. The molecule has 124 valence electrons. The van der Waals surface area contributed by atoms with Crippen LogP contribution in [-0.2, 0) is 19.0 Å². The number of hydrogen-bond acceptors (Lipinski definition) is 6. The minimum Gasteiger partial charge on any atom is -0.600 e. The Bertz CT molecular complexity index is 562. The normalized spacial score (nSPS) is 16.4. The van der Waals surface area contributed by atoms with Gasteiger partial charge in [-0.25, -0.2) is 0 Å². The molecule has 8 heteroatoms. The first-order chi connectivity index (χ1) is 10.1. The summed E-state index contributed by atoms with van der Waals surface area (Å²) in [6, 6.07) is 8.25. The molecule has 0 saturated heterocycles. The minimum absolute atomic E-state index is 0.299. The van der Waals surface area contributed by atoms with Crippen LogP contribution < -0.4 is 0 Å². The highest BCUT2D eigenvalue weighted by atomic mass is 31.2. The zero-order chi connectivity index (χ0) is 17.0. The largest absolute Gasteiger partial charge is 0.600 e. The van der Waals surface area contributed by atoms with Crippen molar-refractivity contribution in [3.63, 3.8) is 0 Å². The maximum absolute atomic E-state index is 12.8. The Balaban J connectivity index is 3.34. The Labute approximate surface area is 130 Å². The van der Waals surface area contributed by atoms with Crippen molar-refractivity contribution in [2.24, 2.45) is 5.11 Å². The van der Waals surface area contributed by atoms with E-state index in [9.17, 15) is 14.9 Å². The molecule has 0 heterocycles. The van der Waals surface area contributed by atoms with Crippen molar-refractivity contribution in [3.05, 3.63) is 41.1 Å². The molecule has 0 aliphatic rings. The van der Waals surface area contributed by atoms with Crippen molar-refractivity contribution in [2.45, 2.75) is 31.7 Å². The van der Waals surface area contributed by atoms with Crippen molar-refractivity contribution >= 4 is 7.60 Å². The van der Waals surface area contributed by atoms with Crippen molar-refractivity contribution in [2.75, 3.05) is 20.8 Å².